The number of carbonyl (C=O) groups is 2. The Hall–Kier alpha value is -2.86. The summed E-state index contributed by atoms with van der Waals surface area (Å²) in [6, 6.07) is 17.6. The summed E-state index contributed by atoms with van der Waals surface area (Å²) in [4.78, 5) is 27.6. The molecular weight excluding hydrogens is 368 g/mol. The summed E-state index contributed by atoms with van der Waals surface area (Å²) in [5.74, 6) is -0.231. The second-order valence-corrected chi connectivity index (χ2v) is 7.56. The highest BCUT2D eigenvalue weighted by Crippen LogP contribution is 2.22. The largest absolute Gasteiger partial charge is 0.482 e. The van der Waals surface area contributed by atoms with Crippen molar-refractivity contribution in [3.05, 3.63) is 65.7 Å². The number of hydrogen-bond donors (Lipinski definition) is 1. The summed E-state index contributed by atoms with van der Waals surface area (Å²) in [5, 5.41) is 8.65. The average Bonchev–Trinajstić information content (AvgIpc) is 2.74. The molecule has 1 aliphatic heterocycles. The van der Waals surface area contributed by atoms with Gasteiger partial charge in [0.05, 0.1) is 0 Å². The predicted molar refractivity (Wildman–Crippen MR) is 110 cm³/mol. The maximum absolute atomic E-state index is 12.8. The molecule has 0 bridgehead atoms. The van der Waals surface area contributed by atoms with Gasteiger partial charge in [0, 0.05) is 26.1 Å². The van der Waals surface area contributed by atoms with Crippen LogP contribution in [0.3, 0.4) is 0 Å². The van der Waals surface area contributed by atoms with Crippen LogP contribution in [0, 0.1) is 5.92 Å². The molecule has 1 N–H and O–H groups in total. The van der Waals surface area contributed by atoms with Gasteiger partial charge in [0.1, 0.15) is 5.75 Å². The molecule has 0 spiro atoms. The number of carboxylic acid groups (broad SMARTS) is 1. The second-order valence-electron chi connectivity index (χ2n) is 7.56. The monoisotopic (exact) mass is 396 g/mol. The number of hydrogen-bond acceptors (Lipinski definition) is 4. The van der Waals surface area contributed by atoms with Crippen molar-refractivity contribution < 1.29 is 19.4 Å². The number of nitrogens with zero attached hydrogens (tertiary/aromatic N) is 2. The fourth-order valence-electron chi connectivity index (χ4n) is 3.68. The number of aliphatic carboxylic acids is 1. The lowest BCUT2D eigenvalue weighted by molar-refractivity contribution is -0.139. The van der Waals surface area contributed by atoms with Crippen molar-refractivity contribution >= 4 is 11.9 Å². The van der Waals surface area contributed by atoms with Crippen molar-refractivity contribution in [2.45, 2.75) is 25.9 Å². The van der Waals surface area contributed by atoms with Crippen LogP contribution in [0.2, 0.25) is 0 Å². The number of carbonyl (C=O) groups excluding carboxylic acids is 1. The maximum atomic E-state index is 12.8. The van der Waals surface area contributed by atoms with Gasteiger partial charge in [-0.05, 0) is 49.2 Å². The third-order valence-electron chi connectivity index (χ3n) is 5.27. The van der Waals surface area contributed by atoms with E-state index in [9.17, 15) is 9.59 Å². The molecule has 2 aromatic carbocycles. The molecule has 0 radical (unpaired) electrons. The second kappa shape index (κ2) is 10.1. The highest BCUT2D eigenvalue weighted by atomic mass is 16.5. The van der Waals surface area contributed by atoms with E-state index in [2.05, 4.69) is 29.2 Å². The van der Waals surface area contributed by atoms with Crippen LogP contribution in [0.1, 0.15) is 24.0 Å². The van der Waals surface area contributed by atoms with E-state index in [-0.39, 0.29) is 18.4 Å². The predicted octanol–water partition coefficient (Wildman–Crippen LogP) is 3.02. The lowest BCUT2D eigenvalue weighted by atomic mass is 9.95. The maximum Gasteiger partial charge on any atom is 0.341 e. The molecule has 1 fully saturated rings. The first-order valence-electron chi connectivity index (χ1n) is 9.96. The van der Waals surface area contributed by atoms with Gasteiger partial charge in [-0.25, -0.2) is 4.79 Å². The lowest BCUT2D eigenvalue weighted by Gasteiger charge is -2.33. The van der Waals surface area contributed by atoms with Crippen LogP contribution in [0.15, 0.2) is 54.6 Å². The van der Waals surface area contributed by atoms with Crippen LogP contribution >= 0.6 is 0 Å². The van der Waals surface area contributed by atoms with Gasteiger partial charge in [0.15, 0.2) is 6.61 Å². The summed E-state index contributed by atoms with van der Waals surface area (Å²) < 4.78 is 5.14. The third kappa shape index (κ3) is 6.32. The van der Waals surface area contributed by atoms with E-state index < -0.39 is 5.97 Å². The fourth-order valence-corrected chi connectivity index (χ4v) is 3.68. The van der Waals surface area contributed by atoms with Gasteiger partial charge >= 0.3 is 5.97 Å². The van der Waals surface area contributed by atoms with Crippen molar-refractivity contribution in [1.82, 2.24) is 9.80 Å². The van der Waals surface area contributed by atoms with E-state index in [0.717, 1.165) is 38.0 Å². The van der Waals surface area contributed by atoms with Gasteiger partial charge in [-0.2, -0.15) is 0 Å². The number of piperidine rings is 1. The first kappa shape index (κ1) is 20.9. The third-order valence-corrected chi connectivity index (χ3v) is 5.27. The van der Waals surface area contributed by atoms with Gasteiger partial charge in [-0.3, -0.25) is 9.69 Å². The van der Waals surface area contributed by atoms with E-state index in [1.807, 2.05) is 25.2 Å². The van der Waals surface area contributed by atoms with Gasteiger partial charge < -0.3 is 14.7 Å². The van der Waals surface area contributed by atoms with E-state index in [0.29, 0.717) is 12.3 Å². The van der Waals surface area contributed by atoms with Crippen LogP contribution in [0.25, 0.3) is 0 Å². The zero-order valence-electron chi connectivity index (χ0n) is 16.8. The lowest BCUT2D eigenvalue weighted by Crippen LogP contribution is -2.40. The normalized spacial score (nSPS) is 15.1. The smallest absolute Gasteiger partial charge is 0.341 e. The number of ether oxygens (including phenoxy) is 1. The zero-order chi connectivity index (χ0) is 20.6. The molecule has 6 nitrogen and oxygen atoms in total. The van der Waals surface area contributed by atoms with Crippen LogP contribution in [0.4, 0.5) is 0 Å². The summed E-state index contributed by atoms with van der Waals surface area (Å²) in [7, 11) is 1.84. The van der Waals surface area contributed by atoms with Crippen molar-refractivity contribution in [3.63, 3.8) is 0 Å². The molecule has 29 heavy (non-hydrogen) atoms. The van der Waals surface area contributed by atoms with Crippen molar-refractivity contribution in [2.75, 3.05) is 26.7 Å². The topological polar surface area (TPSA) is 70.1 Å². The standard InChI is InChI=1S/C23H28N2O4/c1-24(15-19-7-9-21(10-8-19)29-17-22(26)27)23(28)20-11-13-25(14-12-20)16-18-5-3-2-4-6-18/h2-10,20H,11-17H2,1H3,(H,26,27). The van der Waals surface area contributed by atoms with E-state index in [1.165, 1.54) is 5.56 Å². The minimum absolute atomic E-state index is 0.0743. The number of likely N-dealkylation sites (tertiary alicyclic amines) is 1. The quantitative estimate of drug-likeness (QED) is 0.743. The van der Waals surface area contributed by atoms with E-state index in [4.69, 9.17) is 9.84 Å². The number of carboxylic acids is 1. The Labute approximate surface area is 171 Å². The summed E-state index contributed by atoms with van der Waals surface area (Å²) in [6.45, 7) is 2.99. The highest BCUT2D eigenvalue weighted by molar-refractivity contribution is 5.78. The van der Waals surface area contributed by atoms with Crippen molar-refractivity contribution in [2.24, 2.45) is 5.92 Å². The molecular formula is C23H28N2O4. The Bertz CT molecular complexity index is 799. The Morgan fingerprint density at radius 2 is 1.69 bits per heavy atom. The molecule has 1 saturated heterocycles. The van der Waals surface area contributed by atoms with Crippen molar-refractivity contribution in [1.29, 1.82) is 0 Å². The molecule has 1 aliphatic rings. The molecule has 2 aromatic rings. The summed E-state index contributed by atoms with van der Waals surface area (Å²) in [5.41, 5.74) is 2.30. The van der Waals surface area contributed by atoms with Gasteiger partial charge in [-0.1, -0.05) is 42.5 Å². The van der Waals surface area contributed by atoms with Crippen LogP contribution < -0.4 is 4.74 Å². The molecule has 1 amide bonds. The molecule has 0 aliphatic carbocycles. The zero-order valence-corrected chi connectivity index (χ0v) is 16.8. The van der Waals surface area contributed by atoms with Crippen LogP contribution in [0.5, 0.6) is 5.75 Å². The Kier molecular flexibility index (Phi) is 7.25. The van der Waals surface area contributed by atoms with Gasteiger partial charge in [-0.15, -0.1) is 0 Å². The van der Waals surface area contributed by atoms with Gasteiger partial charge in [0.25, 0.3) is 0 Å². The summed E-state index contributed by atoms with van der Waals surface area (Å²) >= 11 is 0. The van der Waals surface area contributed by atoms with E-state index >= 15 is 0 Å². The number of rotatable bonds is 8. The van der Waals surface area contributed by atoms with Gasteiger partial charge in [0.2, 0.25) is 5.91 Å². The first-order chi connectivity index (χ1) is 14.0. The molecule has 154 valence electrons. The van der Waals surface area contributed by atoms with Crippen LogP contribution in [-0.2, 0) is 22.7 Å². The minimum atomic E-state index is -1.01. The number of benzene rings is 2. The molecule has 3 rings (SSSR count). The minimum Gasteiger partial charge on any atom is -0.482 e. The fraction of sp³-hybridized carbons (Fsp3) is 0.391. The molecule has 0 unspecified atom stereocenters. The SMILES string of the molecule is CN(Cc1ccc(OCC(=O)O)cc1)C(=O)C1CCN(Cc2ccccc2)CC1. The molecule has 6 heteroatoms. The Morgan fingerprint density at radius 3 is 2.31 bits per heavy atom. The van der Waals surface area contributed by atoms with E-state index in [1.54, 1.807) is 17.0 Å². The highest BCUT2D eigenvalue weighted by Gasteiger charge is 2.27. The first-order valence-corrected chi connectivity index (χ1v) is 9.96. The summed E-state index contributed by atoms with van der Waals surface area (Å²) in [6.07, 6.45) is 1.77. The molecule has 0 saturated carbocycles. The van der Waals surface area contributed by atoms with Crippen molar-refractivity contribution in [3.8, 4) is 5.75 Å². The molecule has 0 atom stereocenters. The number of amides is 1. The molecule has 0 aromatic heterocycles. The Balaban J connectivity index is 1.45. The Morgan fingerprint density at radius 1 is 1.03 bits per heavy atom. The van der Waals surface area contributed by atoms with Crippen LogP contribution in [-0.4, -0.2) is 53.5 Å². The molecule has 1 heterocycles. The average molecular weight is 396 g/mol.